The molecule has 12 nitrogen and oxygen atoms in total. The molecular weight excluding hydrogens is 542 g/mol. The highest BCUT2D eigenvalue weighted by atomic mass is 16.6. The molecule has 0 bridgehead atoms. The molecule has 0 spiro atoms. The van der Waals surface area contributed by atoms with Crippen LogP contribution in [0.5, 0.6) is 0 Å². The molecule has 0 fully saturated rings. The van der Waals surface area contributed by atoms with Gasteiger partial charge in [-0.25, -0.2) is 4.79 Å². The molecule has 5 amide bonds. The number of primary amides is 1. The van der Waals surface area contributed by atoms with Gasteiger partial charge in [0.05, 0.1) is 6.04 Å². The predicted molar refractivity (Wildman–Crippen MR) is 158 cm³/mol. The monoisotopic (exact) mass is 589 g/mol. The summed E-state index contributed by atoms with van der Waals surface area (Å²) in [5.41, 5.74) is 5.16. The maximum Gasteiger partial charge on any atom is 0.408 e. The molecule has 0 saturated carbocycles. The van der Waals surface area contributed by atoms with Crippen molar-refractivity contribution in [1.82, 2.24) is 21.3 Å². The van der Waals surface area contributed by atoms with Gasteiger partial charge in [0.25, 0.3) is 0 Å². The predicted octanol–water partition coefficient (Wildman–Crippen LogP) is 1.74. The molecule has 1 aromatic carbocycles. The van der Waals surface area contributed by atoms with Gasteiger partial charge in [-0.3, -0.25) is 19.2 Å². The molecule has 0 aromatic heterocycles. The number of nitrogens with one attached hydrogen (secondary N) is 4. The summed E-state index contributed by atoms with van der Waals surface area (Å²) in [6.07, 6.45) is 0.0244. The minimum Gasteiger partial charge on any atom is -0.444 e. The highest BCUT2D eigenvalue weighted by Gasteiger charge is 2.32. The summed E-state index contributed by atoms with van der Waals surface area (Å²) in [4.78, 5) is 75.2. The minimum atomic E-state index is -1.09. The standard InChI is InChI=1S/C30H47N5O7/c1-18(2)15-22(34-28(40)25(19(3)4)35-29(41)42-30(5,6)7)27(39)33-23(16-20-11-9-8-10-12-20)26(38)32-21(17-36)13-14-24(31)37/h8-12,17-19,21-23,25H,13-16H2,1-7H3,(H2,31,37)(H,32,38)(H,33,39)(H,34,40)(H,35,41)/t21-,22-,23-,25-/m0/s1. The Morgan fingerprint density at radius 3 is 1.93 bits per heavy atom. The Balaban J connectivity index is 3.16. The second kappa shape index (κ2) is 17.1. The molecule has 234 valence electrons. The first kappa shape index (κ1) is 36.1. The normalized spacial score (nSPS) is 14.2. The van der Waals surface area contributed by atoms with Crippen molar-refractivity contribution >= 4 is 36.0 Å². The molecule has 0 radical (unpaired) electrons. The summed E-state index contributed by atoms with van der Waals surface area (Å²) in [7, 11) is 0. The molecule has 0 unspecified atom stereocenters. The van der Waals surface area contributed by atoms with E-state index in [9.17, 15) is 28.8 Å². The van der Waals surface area contributed by atoms with E-state index in [1.54, 1.807) is 58.9 Å². The van der Waals surface area contributed by atoms with Crippen molar-refractivity contribution < 1.29 is 33.5 Å². The summed E-state index contributed by atoms with van der Waals surface area (Å²) < 4.78 is 5.29. The third-order valence-corrected chi connectivity index (χ3v) is 6.07. The van der Waals surface area contributed by atoms with Crippen molar-refractivity contribution in [3.8, 4) is 0 Å². The maximum absolute atomic E-state index is 13.5. The molecule has 0 aliphatic carbocycles. The Morgan fingerprint density at radius 1 is 0.857 bits per heavy atom. The van der Waals surface area contributed by atoms with Crippen LogP contribution in [0.25, 0.3) is 0 Å². The molecule has 0 heterocycles. The fourth-order valence-electron chi connectivity index (χ4n) is 4.02. The van der Waals surface area contributed by atoms with Gasteiger partial charge in [-0.05, 0) is 51.0 Å². The molecule has 0 aliphatic heterocycles. The highest BCUT2D eigenvalue weighted by Crippen LogP contribution is 2.12. The lowest BCUT2D eigenvalue weighted by Crippen LogP contribution is -2.59. The third-order valence-electron chi connectivity index (χ3n) is 6.07. The van der Waals surface area contributed by atoms with Crippen LogP contribution in [0.3, 0.4) is 0 Å². The van der Waals surface area contributed by atoms with Crippen LogP contribution in [0.2, 0.25) is 0 Å². The molecule has 1 rings (SSSR count). The summed E-state index contributed by atoms with van der Waals surface area (Å²) in [5, 5.41) is 10.6. The minimum absolute atomic E-state index is 0.00740. The van der Waals surface area contributed by atoms with Crippen LogP contribution in [-0.4, -0.2) is 65.8 Å². The van der Waals surface area contributed by atoms with Crippen molar-refractivity contribution in [3.05, 3.63) is 35.9 Å². The lowest BCUT2D eigenvalue weighted by atomic mass is 9.99. The first-order valence-electron chi connectivity index (χ1n) is 14.2. The van der Waals surface area contributed by atoms with E-state index < -0.39 is 59.5 Å². The average Bonchev–Trinajstić information content (AvgIpc) is 2.87. The van der Waals surface area contributed by atoms with Crippen LogP contribution < -0.4 is 27.0 Å². The number of aldehydes is 1. The Labute approximate surface area is 248 Å². The summed E-state index contributed by atoms with van der Waals surface area (Å²) in [6.45, 7) is 12.4. The molecule has 12 heteroatoms. The van der Waals surface area contributed by atoms with E-state index in [-0.39, 0.29) is 37.5 Å². The molecule has 6 N–H and O–H groups in total. The number of nitrogens with two attached hydrogens (primary N) is 1. The average molecular weight is 590 g/mol. The van der Waals surface area contributed by atoms with Crippen LogP contribution in [0.1, 0.15) is 73.3 Å². The Bertz CT molecular complexity index is 1070. The fourth-order valence-corrected chi connectivity index (χ4v) is 4.02. The van der Waals surface area contributed by atoms with Gasteiger partial charge >= 0.3 is 6.09 Å². The van der Waals surface area contributed by atoms with Gasteiger partial charge in [0, 0.05) is 12.8 Å². The first-order chi connectivity index (χ1) is 19.5. The molecule has 0 aliphatic rings. The molecule has 42 heavy (non-hydrogen) atoms. The second-order valence-electron chi connectivity index (χ2n) is 12.1. The number of hydrogen-bond donors (Lipinski definition) is 5. The molecule has 0 saturated heterocycles. The van der Waals surface area contributed by atoms with Crippen LogP contribution in [-0.2, 0) is 35.1 Å². The lowest BCUT2D eigenvalue weighted by Gasteiger charge is -2.28. The summed E-state index contributed by atoms with van der Waals surface area (Å²) in [5.74, 6) is -2.75. The van der Waals surface area contributed by atoms with Gasteiger partial charge < -0.3 is 36.5 Å². The number of hydrogen-bond acceptors (Lipinski definition) is 7. The topological polar surface area (TPSA) is 186 Å². The zero-order valence-electron chi connectivity index (χ0n) is 25.7. The number of amides is 5. The van der Waals surface area contributed by atoms with E-state index in [4.69, 9.17) is 10.5 Å². The van der Waals surface area contributed by atoms with E-state index in [2.05, 4.69) is 21.3 Å². The van der Waals surface area contributed by atoms with Crippen LogP contribution in [0, 0.1) is 11.8 Å². The van der Waals surface area contributed by atoms with Gasteiger partial charge in [-0.1, -0.05) is 58.0 Å². The van der Waals surface area contributed by atoms with E-state index >= 15 is 0 Å². The van der Waals surface area contributed by atoms with Gasteiger partial charge in [0.15, 0.2) is 0 Å². The third kappa shape index (κ3) is 14.1. The van der Waals surface area contributed by atoms with Crippen molar-refractivity contribution in [2.45, 2.75) is 104 Å². The highest BCUT2D eigenvalue weighted by molar-refractivity contribution is 5.94. The van der Waals surface area contributed by atoms with E-state index in [1.165, 1.54) is 0 Å². The van der Waals surface area contributed by atoms with Crippen molar-refractivity contribution in [2.24, 2.45) is 17.6 Å². The summed E-state index contributed by atoms with van der Waals surface area (Å²) >= 11 is 0. The van der Waals surface area contributed by atoms with Gasteiger partial charge in [-0.2, -0.15) is 0 Å². The largest absolute Gasteiger partial charge is 0.444 e. The van der Waals surface area contributed by atoms with Gasteiger partial charge in [0.2, 0.25) is 23.6 Å². The summed E-state index contributed by atoms with van der Waals surface area (Å²) in [6, 6.07) is 4.90. The molecule has 1 aromatic rings. The zero-order chi connectivity index (χ0) is 32.0. The van der Waals surface area contributed by atoms with Crippen LogP contribution in [0.4, 0.5) is 4.79 Å². The number of carbonyl (C=O) groups is 6. The maximum atomic E-state index is 13.5. The number of ether oxygens (including phenoxy) is 1. The van der Waals surface area contributed by atoms with Crippen molar-refractivity contribution in [2.75, 3.05) is 0 Å². The smallest absolute Gasteiger partial charge is 0.408 e. The van der Waals surface area contributed by atoms with Crippen LogP contribution >= 0.6 is 0 Å². The zero-order valence-corrected chi connectivity index (χ0v) is 25.7. The second-order valence-corrected chi connectivity index (χ2v) is 12.1. The molecule has 4 atom stereocenters. The number of carbonyl (C=O) groups excluding carboxylic acids is 6. The molecular formula is C30H47N5O7. The van der Waals surface area contributed by atoms with E-state index in [1.807, 2.05) is 19.9 Å². The Hall–Kier alpha value is -3.96. The Kier molecular flexibility index (Phi) is 14.7. The van der Waals surface area contributed by atoms with Crippen molar-refractivity contribution in [3.63, 3.8) is 0 Å². The first-order valence-corrected chi connectivity index (χ1v) is 14.2. The number of benzene rings is 1. The van der Waals surface area contributed by atoms with Gasteiger partial charge in [0.1, 0.15) is 30.0 Å². The lowest BCUT2D eigenvalue weighted by molar-refractivity contribution is -0.133. The van der Waals surface area contributed by atoms with E-state index in [0.29, 0.717) is 6.29 Å². The van der Waals surface area contributed by atoms with Gasteiger partial charge in [-0.15, -0.1) is 0 Å². The fraction of sp³-hybridized carbons (Fsp3) is 0.600. The quantitative estimate of drug-likeness (QED) is 0.182. The number of rotatable bonds is 16. The van der Waals surface area contributed by atoms with E-state index in [0.717, 1.165) is 5.56 Å². The SMILES string of the molecule is CC(C)C[C@H](NC(=O)[C@@H](NC(=O)OC(C)(C)C)C(C)C)C(=O)N[C@@H](Cc1ccccc1)C(=O)N[C@H](C=O)CCC(N)=O. The van der Waals surface area contributed by atoms with Crippen LogP contribution in [0.15, 0.2) is 30.3 Å². The van der Waals surface area contributed by atoms with Crippen molar-refractivity contribution in [1.29, 1.82) is 0 Å². The Morgan fingerprint density at radius 2 is 1.43 bits per heavy atom. The number of alkyl carbamates (subject to hydrolysis) is 1.